The van der Waals surface area contributed by atoms with Crippen LogP contribution in [0.25, 0.3) is 0 Å². The zero-order valence-electron chi connectivity index (χ0n) is 10.0. The summed E-state index contributed by atoms with van der Waals surface area (Å²) in [4.78, 5) is 11.0. The third-order valence-electron chi connectivity index (χ3n) is 2.76. The lowest BCUT2D eigenvalue weighted by Crippen LogP contribution is -2.22. The van der Waals surface area contributed by atoms with Gasteiger partial charge in [0.2, 0.25) is 5.91 Å². The Labute approximate surface area is 93.9 Å². The summed E-state index contributed by atoms with van der Waals surface area (Å²) in [7, 11) is 0. The molecule has 0 saturated heterocycles. The van der Waals surface area contributed by atoms with Crippen LogP contribution in [0.1, 0.15) is 58.3 Å². The van der Waals surface area contributed by atoms with E-state index in [2.05, 4.69) is 13.5 Å². The van der Waals surface area contributed by atoms with Crippen molar-refractivity contribution in [2.45, 2.75) is 58.3 Å². The number of carbonyl (C=O) groups is 1. The second kappa shape index (κ2) is 9.75. The van der Waals surface area contributed by atoms with E-state index in [-0.39, 0.29) is 11.8 Å². The van der Waals surface area contributed by atoms with Gasteiger partial charge in [0.15, 0.2) is 0 Å². The van der Waals surface area contributed by atoms with Crippen LogP contribution in [0.2, 0.25) is 0 Å². The third-order valence-corrected chi connectivity index (χ3v) is 2.76. The van der Waals surface area contributed by atoms with Crippen LogP contribution in [0.15, 0.2) is 12.7 Å². The summed E-state index contributed by atoms with van der Waals surface area (Å²) in [6.45, 7) is 5.86. The number of carbonyl (C=O) groups excluding carboxylic acids is 1. The minimum atomic E-state index is -0.177. The highest BCUT2D eigenvalue weighted by molar-refractivity contribution is 5.76. The third kappa shape index (κ3) is 8.22. The van der Waals surface area contributed by atoms with Crippen LogP contribution in [0, 0.1) is 5.92 Å². The van der Waals surface area contributed by atoms with Crippen LogP contribution in [-0.4, -0.2) is 5.91 Å². The lowest BCUT2D eigenvalue weighted by molar-refractivity contribution is -0.121. The summed E-state index contributed by atoms with van der Waals surface area (Å²) in [5, 5.41) is 0. The Kier molecular flexibility index (Phi) is 9.24. The Hall–Kier alpha value is -0.790. The number of rotatable bonds is 10. The molecule has 0 aromatic rings. The van der Waals surface area contributed by atoms with Crippen molar-refractivity contribution >= 4 is 5.91 Å². The van der Waals surface area contributed by atoms with E-state index >= 15 is 0 Å². The fraction of sp³-hybridized carbons (Fsp3) is 0.769. The van der Waals surface area contributed by atoms with Gasteiger partial charge in [-0.2, -0.15) is 0 Å². The molecule has 0 fully saturated rings. The highest BCUT2D eigenvalue weighted by Gasteiger charge is 2.12. The molecule has 0 saturated carbocycles. The molecule has 2 nitrogen and oxygen atoms in total. The second-order valence-corrected chi connectivity index (χ2v) is 4.18. The normalized spacial score (nSPS) is 12.3. The van der Waals surface area contributed by atoms with E-state index in [1.165, 1.54) is 32.1 Å². The van der Waals surface area contributed by atoms with Gasteiger partial charge in [-0.25, -0.2) is 0 Å². The van der Waals surface area contributed by atoms with E-state index in [4.69, 9.17) is 5.73 Å². The highest BCUT2D eigenvalue weighted by atomic mass is 16.1. The molecule has 2 N–H and O–H groups in total. The molecule has 0 bridgehead atoms. The van der Waals surface area contributed by atoms with Gasteiger partial charge in [0.25, 0.3) is 0 Å². The summed E-state index contributed by atoms with van der Waals surface area (Å²) in [6.07, 6.45) is 11.0. The topological polar surface area (TPSA) is 43.1 Å². The summed E-state index contributed by atoms with van der Waals surface area (Å²) in [5.74, 6) is -0.169. The lowest BCUT2D eigenvalue weighted by Gasteiger charge is -2.10. The number of primary amides is 1. The van der Waals surface area contributed by atoms with Crippen LogP contribution in [-0.2, 0) is 4.79 Å². The molecule has 0 spiro atoms. The van der Waals surface area contributed by atoms with Crippen molar-refractivity contribution in [1.82, 2.24) is 0 Å². The van der Waals surface area contributed by atoms with Gasteiger partial charge in [0.1, 0.15) is 0 Å². The van der Waals surface area contributed by atoms with Crippen molar-refractivity contribution in [2.75, 3.05) is 0 Å². The van der Waals surface area contributed by atoms with Gasteiger partial charge >= 0.3 is 0 Å². The molecular weight excluding hydrogens is 186 g/mol. The highest BCUT2D eigenvalue weighted by Crippen LogP contribution is 2.15. The molecule has 0 aromatic heterocycles. The number of unbranched alkanes of at least 4 members (excludes halogenated alkanes) is 5. The summed E-state index contributed by atoms with van der Waals surface area (Å²) in [6, 6.07) is 0. The van der Waals surface area contributed by atoms with Crippen LogP contribution in [0.5, 0.6) is 0 Å². The first kappa shape index (κ1) is 14.2. The van der Waals surface area contributed by atoms with Crippen molar-refractivity contribution in [3.05, 3.63) is 12.7 Å². The van der Waals surface area contributed by atoms with Crippen molar-refractivity contribution in [2.24, 2.45) is 11.7 Å². The Morgan fingerprint density at radius 1 is 1.27 bits per heavy atom. The number of hydrogen-bond acceptors (Lipinski definition) is 1. The average Bonchev–Trinajstić information content (AvgIpc) is 2.21. The molecule has 0 aliphatic rings. The first-order valence-electron chi connectivity index (χ1n) is 6.12. The molecule has 88 valence electrons. The Balaban J connectivity index is 3.45. The Morgan fingerprint density at radius 3 is 2.40 bits per heavy atom. The SMILES string of the molecule is C=CCC(CCCCCCCC)C(N)=O. The molecule has 0 aliphatic carbocycles. The molecule has 0 aliphatic heterocycles. The largest absolute Gasteiger partial charge is 0.369 e. The van der Waals surface area contributed by atoms with E-state index in [9.17, 15) is 4.79 Å². The molecule has 0 rings (SSSR count). The predicted octanol–water partition coefficient (Wildman–Crippen LogP) is 3.41. The first-order valence-corrected chi connectivity index (χ1v) is 6.12. The second-order valence-electron chi connectivity index (χ2n) is 4.18. The van der Waals surface area contributed by atoms with E-state index in [0.29, 0.717) is 0 Å². The minimum absolute atomic E-state index is 0.00803. The van der Waals surface area contributed by atoms with E-state index in [1.807, 2.05) is 0 Å². The number of nitrogens with two attached hydrogens (primary N) is 1. The van der Waals surface area contributed by atoms with Crippen molar-refractivity contribution < 1.29 is 4.79 Å². The zero-order chi connectivity index (χ0) is 11.5. The fourth-order valence-electron chi connectivity index (χ4n) is 1.75. The molecule has 0 radical (unpaired) electrons. The van der Waals surface area contributed by atoms with Gasteiger partial charge in [0, 0.05) is 5.92 Å². The standard InChI is InChI=1S/C13H25NO/c1-3-5-6-7-8-9-11-12(10-4-2)13(14)15/h4,12H,2-3,5-11H2,1H3,(H2,14,15). The molecule has 1 amide bonds. The van der Waals surface area contributed by atoms with Gasteiger partial charge in [0.05, 0.1) is 0 Å². The lowest BCUT2D eigenvalue weighted by atomic mass is 9.96. The Bertz CT molecular complexity index is 177. The maximum absolute atomic E-state index is 11.0. The van der Waals surface area contributed by atoms with Crippen molar-refractivity contribution in [3.8, 4) is 0 Å². The molecule has 2 heteroatoms. The predicted molar refractivity (Wildman–Crippen MR) is 65.5 cm³/mol. The van der Waals surface area contributed by atoms with Gasteiger partial charge < -0.3 is 5.73 Å². The minimum Gasteiger partial charge on any atom is -0.369 e. The molecule has 0 heterocycles. The van der Waals surface area contributed by atoms with E-state index in [0.717, 1.165) is 19.3 Å². The van der Waals surface area contributed by atoms with E-state index < -0.39 is 0 Å². The number of hydrogen-bond donors (Lipinski definition) is 1. The van der Waals surface area contributed by atoms with Crippen LogP contribution in [0.3, 0.4) is 0 Å². The van der Waals surface area contributed by atoms with Gasteiger partial charge in [-0.15, -0.1) is 6.58 Å². The summed E-state index contributed by atoms with van der Waals surface area (Å²) < 4.78 is 0. The monoisotopic (exact) mass is 211 g/mol. The smallest absolute Gasteiger partial charge is 0.220 e. The molecule has 1 unspecified atom stereocenters. The number of amides is 1. The van der Waals surface area contributed by atoms with Crippen molar-refractivity contribution in [1.29, 1.82) is 0 Å². The number of allylic oxidation sites excluding steroid dienone is 1. The van der Waals surface area contributed by atoms with Crippen molar-refractivity contribution in [3.63, 3.8) is 0 Å². The summed E-state index contributed by atoms with van der Waals surface area (Å²) >= 11 is 0. The quantitative estimate of drug-likeness (QED) is 0.436. The molecule has 0 aromatic carbocycles. The van der Waals surface area contributed by atoms with Gasteiger partial charge in [-0.1, -0.05) is 51.5 Å². The van der Waals surface area contributed by atoms with E-state index in [1.54, 1.807) is 6.08 Å². The zero-order valence-corrected chi connectivity index (χ0v) is 10.0. The summed E-state index contributed by atoms with van der Waals surface area (Å²) in [5.41, 5.74) is 5.30. The molecule has 1 atom stereocenters. The van der Waals surface area contributed by atoms with Gasteiger partial charge in [-0.05, 0) is 12.8 Å². The first-order chi connectivity index (χ1) is 7.22. The molecule has 15 heavy (non-hydrogen) atoms. The molecular formula is C13H25NO. The van der Waals surface area contributed by atoms with Crippen LogP contribution < -0.4 is 5.73 Å². The maximum Gasteiger partial charge on any atom is 0.220 e. The van der Waals surface area contributed by atoms with Crippen LogP contribution >= 0.6 is 0 Å². The van der Waals surface area contributed by atoms with Gasteiger partial charge in [-0.3, -0.25) is 4.79 Å². The maximum atomic E-state index is 11.0. The average molecular weight is 211 g/mol. The fourth-order valence-corrected chi connectivity index (χ4v) is 1.75. The van der Waals surface area contributed by atoms with Crippen LogP contribution in [0.4, 0.5) is 0 Å². The Morgan fingerprint density at radius 2 is 1.87 bits per heavy atom.